The maximum atomic E-state index is 9.34. The van der Waals surface area contributed by atoms with Crippen molar-refractivity contribution in [2.45, 2.75) is 0 Å². The summed E-state index contributed by atoms with van der Waals surface area (Å²) in [6.45, 7) is 0. The van der Waals surface area contributed by atoms with Crippen molar-refractivity contribution in [2.24, 2.45) is 0 Å². The van der Waals surface area contributed by atoms with Crippen molar-refractivity contribution in [2.75, 3.05) is 0 Å². The molecule has 0 radical (unpaired) electrons. The van der Waals surface area contributed by atoms with Crippen LogP contribution in [0.25, 0.3) is 0 Å². The smallest absolute Gasteiger partial charge is 0.121 e. The van der Waals surface area contributed by atoms with Crippen LogP contribution in [-0.2, 0) is 11.8 Å². The predicted molar refractivity (Wildman–Crippen MR) is 23.3 cm³/mol. The molecule has 0 saturated heterocycles. The second-order valence-corrected chi connectivity index (χ2v) is 5.24. The minimum absolute atomic E-state index is 2.94. The van der Waals surface area contributed by atoms with Crippen molar-refractivity contribution in [3.63, 3.8) is 0 Å². The van der Waals surface area contributed by atoms with Crippen molar-refractivity contribution < 1.29 is 9.79 Å². The van der Waals surface area contributed by atoms with Crippen LogP contribution in [0.3, 0.4) is 0 Å². The number of thiol groups is 1. The van der Waals surface area contributed by atoms with E-state index in [1.54, 1.807) is 0 Å². The third kappa shape index (κ3) is 49.6. The fourth-order valence-electron chi connectivity index (χ4n) is 0. The van der Waals surface area contributed by atoms with Crippen LogP contribution < -0.4 is 9.79 Å². The molecule has 0 fully saturated rings. The highest BCUT2D eigenvalue weighted by molar-refractivity contribution is 8.58. The Kier molecular flexibility index (Phi) is 1.87. The van der Waals surface area contributed by atoms with Crippen LogP contribution in [0, 0.1) is 0 Å². The Morgan fingerprint density at radius 1 is 1.60 bits per heavy atom. The van der Waals surface area contributed by atoms with Gasteiger partial charge in [0.05, 0.1) is 0 Å². The van der Waals surface area contributed by atoms with Gasteiger partial charge in [-0.05, 0) is 0 Å². The summed E-state index contributed by atoms with van der Waals surface area (Å²) in [7, 11) is 0. The summed E-state index contributed by atoms with van der Waals surface area (Å²) in [5.41, 5.74) is -3.61. The van der Waals surface area contributed by atoms with Gasteiger partial charge in [-0.25, -0.2) is 0 Å². The SMILES string of the molecule is [O-]P([O-])(=S)S. The summed E-state index contributed by atoms with van der Waals surface area (Å²) in [4.78, 5) is 18.7. The number of rotatable bonds is 0. The van der Waals surface area contributed by atoms with Gasteiger partial charge in [-0.2, -0.15) is 17.9 Å². The summed E-state index contributed by atoms with van der Waals surface area (Å²) in [5, 5.41) is 0. The van der Waals surface area contributed by atoms with Crippen LogP contribution in [-0.4, -0.2) is 0 Å². The molecule has 0 aliphatic rings. The lowest BCUT2D eigenvalue weighted by Crippen LogP contribution is -2.06. The second-order valence-electron chi connectivity index (χ2n) is 0.469. The molecule has 0 atom stereocenters. The molecule has 0 rings (SSSR count). The second kappa shape index (κ2) is 1.58. The van der Waals surface area contributed by atoms with Crippen molar-refractivity contribution >= 4 is 29.7 Å². The van der Waals surface area contributed by atoms with Gasteiger partial charge in [0.15, 0.2) is 0 Å². The Morgan fingerprint density at radius 2 is 1.60 bits per heavy atom. The number of hydrogen-bond acceptors (Lipinski definition) is 3. The first-order chi connectivity index (χ1) is 2.00. The minimum atomic E-state index is -3.61. The molecule has 2 nitrogen and oxygen atoms in total. The number of hydrogen-bond donors (Lipinski definition) is 1. The average molecular weight is 128 g/mol. The average Bonchev–Trinajstić information content (AvgIpc) is 0.722. The Morgan fingerprint density at radius 3 is 1.60 bits per heavy atom. The highest BCUT2D eigenvalue weighted by atomic mass is 32.9. The normalized spacial score (nSPS) is 11.8. The van der Waals surface area contributed by atoms with Crippen LogP contribution in [0.1, 0.15) is 0 Å². The summed E-state index contributed by atoms with van der Waals surface area (Å²) in [5.74, 6) is 0. The van der Waals surface area contributed by atoms with E-state index in [1.165, 1.54) is 0 Å². The van der Waals surface area contributed by atoms with E-state index in [2.05, 4.69) is 24.1 Å². The monoisotopic (exact) mass is 128 g/mol. The molecule has 0 aromatic carbocycles. The fourth-order valence-corrected chi connectivity index (χ4v) is 0. The van der Waals surface area contributed by atoms with Crippen LogP contribution in [0.2, 0.25) is 0 Å². The molecule has 0 heterocycles. The summed E-state index contributed by atoms with van der Waals surface area (Å²) < 4.78 is 0. The highest BCUT2D eigenvalue weighted by Gasteiger charge is 1.56. The van der Waals surface area contributed by atoms with E-state index >= 15 is 0 Å². The van der Waals surface area contributed by atoms with E-state index < -0.39 is 5.69 Å². The fraction of sp³-hybridized carbons (Fsp3) is 0. The van der Waals surface area contributed by atoms with Crippen molar-refractivity contribution in [3.05, 3.63) is 0 Å². The van der Waals surface area contributed by atoms with Crippen LogP contribution in [0.15, 0.2) is 0 Å². The molecule has 5 heteroatoms. The van der Waals surface area contributed by atoms with E-state index in [0.29, 0.717) is 0 Å². The van der Waals surface area contributed by atoms with Crippen LogP contribution in [0.4, 0.5) is 0 Å². The molecule has 0 aliphatic heterocycles. The molecule has 0 aliphatic carbocycles. The topological polar surface area (TPSA) is 46.1 Å². The standard InChI is InChI=1S/H3O2PS2/c1-3(2,4)5/h(H3,1,2,4,5)/p-2. The van der Waals surface area contributed by atoms with E-state index in [9.17, 15) is 9.79 Å². The molecule has 0 saturated carbocycles. The Labute approximate surface area is 40.2 Å². The maximum Gasteiger partial charge on any atom is -0.121 e. The van der Waals surface area contributed by atoms with Crippen LogP contribution in [0.5, 0.6) is 0 Å². The zero-order chi connectivity index (χ0) is 4.50. The quantitative estimate of drug-likeness (QED) is 0.331. The molecule has 0 unspecified atom stereocenters. The van der Waals surface area contributed by atoms with E-state index in [4.69, 9.17) is 0 Å². The zero-order valence-corrected chi connectivity index (χ0v) is 4.72. The molecule has 0 aromatic rings. The molecule has 0 N–H and O–H groups in total. The third-order valence-corrected chi connectivity index (χ3v) is 0. The lowest BCUT2D eigenvalue weighted by atomic mass is 15.9. The van der Waals surface area contributed by atoms with E-state index in [0.717, 1.165) is 0 Å². The van der Waals surface area contributed by atoms with Gasteiger partial charge in [-0.15, -0.1) is 11.8 Å². The van der Waals surface area contributed by atoms with Gasteiger partial charge in [0, 0.05) is 0 Å². The molecule has 5 heavy (non-hydrogen) atoms. The van der Waals surface area contributed by atoms with Gasteiger partial charge in [-0.1, -0.05) is 0 Å². The molecule has 32 valence electrons. The molecule has 0 spiro atoms. The van der Waals surface area contributed by atoms with Gasteiger partial charge in [0.1, 0.15) is 0 Å². The highest BCUT2D eigenvalue weighted by Crippen LogP contribution is 2.27. The lowest BCUT2D eigenvalue weighted by Gasteiger charge is -2.26. The summed E-state index contributed by atoms with van der Waals surface area (Å²) in [6.07, 6.45) is 0. The summed E-state index contributed by atoms with van der Waals surface area (Å²) >= 11 is 6.63. The molecule has 0 bridgehead atoms. The van der Waals surface area contributed by atoms with E-state index in [-0.39, 0.29) is 0 Å². The lowest BCUT2D eigenvalue weighted by molar-refractivity contribution is -0.284. The zero-order valence-electron chi connectivity index (χ0n) is 2.12. The summed E-state index contributed by atoms with van der Waals surface area (Å²) in [6, 6.07) is 0. The molecular weight excluding hydrogens is 127 g/mol. The molecule has 0 aromatic heterocycles. The first-order valence-electron chi connectivity index (χ1n) is 0.748. The van der Waals surface area contributed by atoms with Crippen molar-refractivity contribution in [1.29, 1.82) is 0 Å². The van der Waals surface area contributed by atoms with Gasteiger partial charge >= 0.3 is 0 Å². The van der Waals surface area contributed by atoms with E-state index in [1.807, 2.05) is 0 Å². The van der Waals surface area contributed by atoms with Crippen molar-refractivity contribution in [3.8, 4) is 0 Å². The Bertz CT molecular complexity index is 53.8. The molecule has 0 amide bonds. The Balaban J connectivity index is 3.47. The van der Waals surface area contributed by atoms with Gasteiger partial charge in [0.2, 0.25) is 0 Å². The predicted octanol–water partition coefficient (Wildman–Crippen LogP) is -1.14. The molecular formula is HO2PS2-2. The van der Waals surface area contributed by atoms with Crippen LogP contribution >= 0.6 is 17.9 Å². The van der Waals surface area contributed by atoms with Gasteiger partial charge < -0.3 is 9.79 Å². The third-order valence-electron chi connectivity index (χ3n) is 0. The Hall–Kier alpha value is 0.920. The van der Waals surface area contributed by atoms with Crippen molar-refractivity contribution in [1.82, 2.24) is 0 Å². The van der Waals surface area contributed by atoms with Gasteiger partial charge in [0.25, 0.3) is 0 Å². The van der Waals surface area contributed by atoms with Gasteiger partial charge in [-0.3, -0.25) is 0 Å². The minimum Gasteiger partial charge on any atom is -0.825 e. The largest absolute Gasteiger partial charge is 0.825 e. The maximum absolute atomic E-state index is 9.34. The first-order valence-corrected chi connectivity index (χ1v) is 4.54. The first kappa shape index (κ1) is 5.92.